The van der Waals surface area contributed by atoms with Gasteiger partial charge in [-0.1, -0.05) is 38.5 Å². The molecule has 0 amide bonds. The Labute approximate surface area is 92.8 Å². The Bertz CT molecular complexity index is 315. The maximum atomic E-state index is 5.25. The smallest absolute Gasteiger partial charge is 0.126 e. The van der Waals surface area contributed by atoms with E-state index in [2.05, 4.69) is 25.6 Å². The van der Waals surface area contributed by atoms with Gasteiger partial charge in [0.25, 0.3) is 0 Å². The topological polar surface area (TPSA) is 9.23 Å². The normalized spacial score (nSPS) is 10.0. The molecular formula is C14H20O. The number of hydrogen-bond donors (Lipinski definition) is 0. The molecule has 0 aliphatic carbocycles. The maximum absolute atomic E-state index is 5.25. The molecular weight excluding hydrogens is 184 g/mol. The first-order valence-corrected chi connectivity index (χ1v) is 5.61. The lowest BCUT2D eigenvalue weighted by molar-refractivity contribution is 0.413. The Morgan fingerprint density at radius 3 is 2.73 bits per heavy atom. The van der Waals surface area contributed by atoms with E-state index in [1.807, 2.05) is 12.1 Å². The van der Waals surface area contributed by atoms with Crippen LogP contribution in [0.2, 0.25) is 0 Å². The van der Waals surface area contributed by atoms with Crippen LogP contribution >= 0.6 is 0 Å². The molecule has 0 aliphatic rings. The molecule has 0 aromatic heterocycles. The Morgan fingerprint density at radius 2 is 2.13 bits per heavy atom. The number of hydrogen-bond acceptors (Lipinski definition) is 1. The summed E-state index contributed by atoms with van der Waals surface area (Å²) >= 11 is 0. The molecule has 0 atom stereocenters. The lowest BCUT2D eigenvalue weighted by atomic mass is 10.0. The molecule has 0 bridgehead atoms. The number of ether oxygens (including phenoxy) is 1. The fourth-order valence-electron chi connectivity index (χ4n) is 1.68. The van der Waals surface area contributed by atoms with Crippen molar-refractivity contribution in [2.75, 3.05) is 7.11 Å². The van der Waals surface area contributed by atoms with Gasteiger partial charge in [-0.2, -0.15) is 0 Å². The summed E-state index contributed by atoms with van der Waals surface area (Å²) in [5.74, 6) is 0.907. The average molecular weight is 204 g/mol. The molecule has 0 aliphatic heterocycles. The molecule has 0 radical (unpaired) electrons. The molecule has 15 heavy (non-hydrogen) atoms. The molecule has 0 spiro atoms. The highest BCUT2D eigenvalue weighted by molar-refractivity contribution is 5.56. The molecule has 82 valence electrons. The largest absolute Gasteiger partial charge is 0.496 e. The van der Waals surface area contributed by atoms with E-state index in [-0.39, 0.29) is 0 Å². The highest BCUT2D eigenvalue weighted by Gasteiger charge is 2.00. The molecule has 1 aromatic rings. The zero-order valence-electron chi connectivity index (χ0n) is 9.75. The van der Waals surface area contributed by atoms with E-state index in [1.165, 1.54) is 24.8 Å². The summed E-state index contributed by atoms with van der Waals surface area (Å²) in [5.41, 5.74) is 2.46. The highest BCUT2D eigenvalue weighted by Crippen LogP contribution is 2.21. The van der Waals surface area contributed by atoms with E-state index in [1.54, 1.807) is 7.11 Å². The number of unbranched alkanes of at least 4 members (excludes halogenated alkanes) is 2. The highest BCUT2D eigenvalue weighted by atomic mass is 16.5. The minimum Gasteiger partial charge on any atom is -0.496 e. The molecule has 0 unspecified atom stereocenters. The van der Waals surface area contributed by atoms with Crippen LogP contribution < -0.4 is 4.74 Å². The Balaban J connectivity index is 2.70. The van der Waals surface area contributed by atoms with Gasteiger partial charge in [0, 0.05) is 5.56 Å². The van der Waals surface area contributed by atoms with Crippen molar-refractivity contribution in [1.29, 1.82) is 0 Å². The summed E-state index contributed by atoms with van der Waals surface area (Å²) in [6.07, 6.45) is 6.83. The van der Waals surface area contributed by atoms with Crippen LogP contribution in [0.5, 0.6) is 5.75 Å². The minimum absolute atomic E-state index is 0.907. The third-order valence-corrected chi connectivity index (χ3v) is 2.58. The van der Waals surface area contributed by atoms with Crippen molar-refractivity contribution >= 4 is 6.08 Å². The lowest BCUT2D eigenvalue weighted by Gasteiger charge is -2.07. The number of aryl methyl sites for hydroxylation is 1. The number of benzene rings is 1. The standard InChI is InChI=1S/C14H20O/c1-4-6-7-8-12-9-10-14(15-3)13(5-2)11-12/h5,9-11H,2,4,6-8H2,1,3H3. The van der Waals surface area contributed by atoms with E-state index in [0.717, 1.165) is 17.7 Å². The first-order chi connectivity index (χ1) is 7.31. The van der Waals surface area contributed by atoms with Crippen LogP contribution in [0.1, 0.15) is 37.3 Å². The van der Waals surface area contributed by atoms with Crippen molar-refractivity contribution in [2.45, 2.75) is 32.6 Å². The van der Waals surface area contributed by atoms with Crippen molar-refractivity contribution in [2.24, 2.45) is 0 Å². The van der Waals surface area contributed by atoms with Crippen molar-refractivity contribution < 1.29 is 4.74 Å². The van der Waals surface area contributed by atoms with Gasteiger partial charge in [0.05, 0.1) is 7.11 Å². The molecule has 0 heterocycles. The minimum atomic E-state index is 0.907. The summed E-state index contributed by atoms with van der Waals surface area (Å²) in [6.45, 7) is 6.02. The van der Waals surface area contributed by atoms with Gasteiger partial charge in [0.15, 0.2) is 0 Å². The Morgan fingerprint density at radius 1 is 1.33 bits per heavy atom. The predicted molar refractivity (Wildman–Crippen MR) is 66.3 cm³/mol. The van der Waals surface area contributed by atoms with Gasteiger partial charge in [-0.05, 0) is 30.5 Å². The summed E-state index contributed by atoms with van der Waals surface area (Å²) in [7, 11) is 1.69. The molecule has 0 saturated carbocycles. The third-order valence-electron chi connectivity index (χ3n) is 2.58. The second-order valence-electron chi connectivity index (χ2n) is 3.74. The van der Waals surface area contributed by atoms with Crippen LogP contribution in [0.15, 0.2) is 24.8 Å². The van der Waals surface area contributed by atoms with Gasteiger partial charge in [-0.15, -0.1) is 0 Å². The van der Waals surface area contributed by atoms with Gasteiger partial charge in [0.1, 0.15) is 5.75 Å². The van der Waals surface area contributed by atoms with Gasteiger partial charge < -0.3 is 4.74 Å². The summed E-state index contributed by atoms with van der Waals surface area (Å²) in [4.78, 5) is 0. The van der Waals surface area contributed by atoms with Gasteiger partial charge >= 0.3 is 0 Å². The molecule has 0 N–H and O–H groups in total. The second-order valence-corrected chi connectivity index (χ2v) is 3.74. The molecule has 0 saturated heterocycles. The van der Waals surface area contributed by atoms with Crippen LogP contribution in [-0.2, 0) is 6.42 Å². The monoisotopic (exact) mass is 204 g/mol. The Kier molecular flexibility index (Phi) is 4.96. The molecule has 0 fully saturated rings. The van der Waals surface area contributed by atoms with Crippen LogP contribution in [0, 0.1) is 0 Å². The maximum Gasteiger partial charge on any atom is 0.126 e. The zero-order valence-corrected chi connectivity index (χ0v) is 9.75. The van der Waals surface area contributed by atoms with Crippen molar-refractivity contribution in [3.8, 4) is 5.75 Å². The lowest BCUT2D eigenvalue weighted by Crippen LogP contribution is -1.90. The summed E-state index contributed by atoms with van der Waals surface area (Å²) in [5, 5.41) is 0. The fraction of sp³-hybridized carbons (Fsp3) is 0.429. The van der Waals surface area contributed by atoms with E-state index < -0.39 is 0 Å². The second kappa shape index (κ2) is 6.28. The summed E-state index contributed by atoms with van der Waals surface area (Å²) in [6, 6.07) is 6.33. The molecule has 1 rings (SSSR count). The SMILES string of the molecule is C=Cc1cc(CCCCC)ccc1OC. The zero-order chi connectivity index (χ0) is 11.1. The van der Waals surface area contributed by atoms with Crippen LogP contribution in [-0.4, -0.2) is 7.11 Å². The van der Waals surface area contributed by atoms with Gasteiger partial charge in [-0.25, -0.2) is 0 Å². The molecule has 1 aromatic carbocycles. The van der Waals surface area contributed by atoms with E-state index in [4.69, 9.17) is 4.74 Å². The van der Waals surface area contributed by atoms with Crippen LogP contribution in [0.3, 0.4) is 0 Å². The van der Waals surface area contributed by atoms with E-state index in [0.29, 0.717) is 0 Å². The van der Waals surface area contributed by atoms with Gasteiger partial charge in [0.2, 0.25) is 0 Å². The van der Waals surface area contributed by atoms with E-state index >= 15 is 0 Å². The van der Waals surface area contributed by atoms with E-state index in [9.17, 15) is 0 Å². The van der Waals surface area contributed by atoms with Crippen LogP contribution in [0.25, 0.3) is 6.08 Å². The third kappa shape index (κ3) is 3.43. The quantitative estimate of drug-likeness (QED) is 0.635. The first-order valence-electron chi connectivity index (χ1n) is 5.61. The number of rotatable bonds is 6. The predicted octanol–water partition coefficient (Wildman–Crippen LogP) is 4.07. The number of methoxy groups -OCH3 is 1. The average Bonchev–Trinajstić information content (AvgIpc) is 2.29. The fourth-order valence-corrected chi connectivity index (χ4v) is 1.68. The van der Waals surface area contributed by atoms with Crippen molar-refractivity contribution in [3.05, 3.63) is 35.9 Å². The molecule has 1 nitrogen and oxygen atoms in total. The van der Waals surface area contributed by atoms with Gasteiger partial charge in [-0.3, -0.25) is 0 Å². The molecule has 1 heteroatoms. The Hall–Kier alpha value is -1.24. The summed E-state index contributed by atoms with van der Waals surface area (Å²) < 4.78 is 5.25. The van der Waals surface area contributed by atoms with Crippen molar-refractivity contribution in [3.63, 3.8) is 0 Å². The first kappa shape index (κ1) is 11.8. The van der Waals surface area contributed by atoms with Crippen molar-refractivity contribution in [1.82, 2.24) is 0 Å². The van der Waals surface area contributed by atoms with Crippen LogP contribution in [0.4, 0.5) is 0 Å².